The molecule has 1 aliphatic carbocycles. The van der Waals surface area contributed by atoms with Gasteiger partial charge in [0.05, 0.1) is 27.8 Å². The van der Waals surface area contributed by atoms with Gasteiger partial charge in [-0.1, -0.05) is 25.1 Å². The van der Waals surface area contributed by atoms with Gasteiger partial charge in [-0.15, -0.1) is 0 Å². The molecule has 33 heavy (non-hydrogen) atoms. The van der Waals surface area contributed by atoms with Crippen molar-refractivity contribution in [1.82, 2.24) is 19.6 Å². The molecule has 0 saturated heterocycles. The Bertz CT molecular complexity index is 1370. The minimum atomic E-state index is -0.717. The summed E-state index contributed by atoms with van der Waals surface area (Å²) in [6, 6.07) is 10.1. The van der Waals surface area contributed by atoms with Crippen LogP contribution in [0.5, 0.6) is 0 Å². The zero-order valence-corrected chi connectivity index (χ0v) is 19.9. The molecular formula is C25H24BrN5O2. The lowest BCUT2D eigenvalue weighted by Crippen LogP contribution is -2.25. The second kappa shape index (κ2) is 8.67. The van der Waals surface area contributed by atoms with Gasteiger partial charge >= 0.3 is 5.97 Å². The van der Waals surface area contributed by atoms with Crippen LogP contribution in [0.25, 0.3) is 27.7 Å². The molecule has 168 valence electrons. The van der Waals surface area contributed by atoms with Gasteiger partial charge in [0.1, 0.15) is 0 Å². The summed E-state index contributed by atoms with van der Waals surface area (Å²) in [6.07, 6.45) is 7.17. The Balaban J connectivity index is 1.56. The fourth-order valence-electron chi connectivity index (χ4n) is 4.90. The molecule has 0 aliphatic heterocycles. The summed E-state index contributed by atoms with van der Waals surface area (Å²) in [5.41, 5.74) is 4.42. The van der Waals surface area contributed by atoms with E-state index >= 15 is 0 Å². The molecule has 0 spiro atoms. The molecule has 1 N–H and O–H groups in total. The topological polar surface area (TPSA) is 92.7 Å². The molecule has 3 aromatic heterocycles. The van der Waals surface area contributed by atoms with E-state index in [0.717, 1.165) is 57.9 Å². The first-order valence-electron chi connectivity index (χ1n) is 11.1. The molecule has 8 heteroatoms. The molecule has 0 bridgehead atoms. The maximum atomic E-state index is 11.4. The standard InChI is InChI=1S/C25H24BrN5O2/c1-14(25(32)33)15-7-9-16(10-8-15)22-21(26)24(27-2)31-23(30-22)19(13-29-31)18-11-17-5-3-4-6-20(17)28-12-18/h3-6,11-16H,2,7-10H2,1H3,(H,32,33). The highest BCUT2D eigenvalue weighted by Gasteiger charge is 2.32. The number of carboxylic acid groups (broad SMARTS) is 1. The smallest absolute Gasteiger partial charge is 0.306 e. The van der Waals surface area contributed by atoms with Crippen LogP contribution in [-0.4, -0.2) is 37.4 Å². The van der Waals surface area contributed by atoms with Crippen LogP contribution >= 0.6 is 15.9 Å². The maximum absolute atomic E-state index is 11.4. The van der Waals surface area contributed by atoms with E-state index < -0.39 is 5.97 Å². The summed E-state index contributed by atoms with van der Waals surface area (Å²) in [4.78, 5) is 25.3. The Morgan fingerprint density at radius 2 is 2.00 bits per heavy atom. The highest BCUT2D eigenvalue weighted by atomic mass is 79.9. The van der Waals surface area contributed by atoms with Gasteiger partial charge in [0.15, 0.2) is 11.5 Å². The van der Waals surface area contributed by atoms with Crippen molar-refractivity contribution in [3.63, 3.8) is 0 Å². The van der Waals surface area contributed by atoms with Crippen LogP contribution in [0.2, 0.25) is 0 Å². The molecule has 1 atom stereocenters. The van der Waals surface area contributed by atoms with E-state index in [1.807, 2.05) is 37.4 Å². The number of carbonyl (C=O) groups is 1. The van der Waals surface area contributed by atoms with Crippen molar-refractivity contribution in [2.24, 2.45) is 16.8 Å². The monoisotopic (exact) mass is 505 g/mol. The zero-order chi connectivity index (χ0) is 23.1. The molecule has 1 saturated carbocycles. The number of aliphatic carboxylic acids is 1. The molecule has 5 rings (SSSR count). The van der Waals surface area contributed by atoms with Crippen LogP contribution in [-0.2, 0) is 4.79 Å². The van der Waals surface area contributed by atoms with E-state index in [4.69, 9.17) is 4.98 Å². The van der Waals surface area contributed by atoms with Crippen LogP contribution in [0, 0.1) is 11.8 Å². The number of aromatic nitrogens is 4. The SMILES string of the molecule is C=Nc1c(Br)c(C2CCC(C(C)C(=O)O)CC2)nc2c(-c3cnc4ccccc4c3)cnn12. The number of hydrogen-bond acceptors (Lipinski definition) is 5. The highest BCUT2D eigenvalue weighted by molar-refractivity contribution is 9.10. The van der Waals surface area contributed by atoms with Gasteiger partial charge in [0.25, 0.3) is 0 Å². The van der Waals surface area contributed by atoms with Crippen molar-refractivity contribution in [3.8, 4) is 11.1 Å². The highest BCUT2D eigenvalue weighted by Crippen LogP contribution is 2.43. The minimum absolute atomic E-state index is 0.201. The molecule has 0 radical (unpaired) electrons. The molecule has 4 aromatic rings. The zero-order valence-electron chi connectivity index (χ0n) is 18.3. The lowest BCUT2D eigenvalue weighted by atomic mass is 9.75. The number of hydrogen-bond donors (Lipinski definition) is 1. The van der Waals surface area contributed by atoms with Crippen LogP contribution < -0.4 is 0 Å². The quantitative estimate of drug-likeness (QED) is 0.334. The fraction of sp³-hybridized carbons (Fsp3) is 0.320. The Hall–Kier alpha value is -3.13. The number of para-hydroxylation sites is 1. The number of pyridine rings is 1. The lowest BCUT2D eigenvalue weighted by Gasteiger charge is -2.31. The van der Waals surface area contributed by atoms with E-state index in [-0.39, 0.29) is 17.8 Å². The average molecular weight is 506 g/mol. The normalized spacial score (nSPS) is 19.6. The molecule has 3 heterocycles. The predicted molar refractivity (Wildman–Crippen MR) is 132 cm³/mol. The average Bonchev–Trinajstić information content (AvgIpc) is 3.26. The van der Waals surface area contributed by atoms with Gasteiger partial charge in [0.2, 0.25) is 0 Å². The van der Waals surface area contributed by atoms with E-state index in [2.05, 4.69) is 43.8 Å². The van der Waals surface area contributed by atoms with Crippen LogP contribution in [0.4, 0.5) is 5.82 Å². The Kier molecular flexibility index (Phi) is 5.70. The number of aliphatic imine (C=N–C) groups is 1. The van der Waals surface area contributed by atoms with Crippen molar-refractivity contribution in [1.29, 1.82) is 0 Å². The van der Waals surface area contributed by atoms with E-state index in [1.165, 1.54) is 0 Å². The first kappa shape index (κ1) is 21.7. The number of nitrogens with zero attached hydrogens (tertiary/aromatic N) is 5. The number of carboxylic acids is 1. The molecule has 7 nitrogen and oxygen atoms in total. The minimum Gasteiger partial charge on any atom is -0.481 e. The van der Waals surface area contributed by atoms with Gasteiger partial charge < -0.3 is 5.11 Å². The van der Waals surface area contributed by atoms with Gasteiger partial charge in [0, 0.05) is 28.6 Å². The summed E-state index contributed by atoms with van der Waals surface area (Å²) < 4.78 is 2.51. The number of benzene rings is 1. The van der Waals surface area contributed by atoms with Crippen LogP contribution in [0.3, 0.4) is 0 Å². The van der Waals surface area contributed by atoms with Crippen molar-refractivity contribution >= 4 is 51.0 Å². The van der Waals surface area contributed by atoms with Crippen LogP contribution in [0.1, 0.15) is 44.2 Å². The number of fused-ring (bicyclic) bond motifs is 2. The second-order valence-corrected chi connectivity index (χ2v) is 9.53. The summed E-state index contributed by atoms with van der Waals surface area (Å²) in [6.45, 7) is 5.57. The largest absolute Gasteiger partial charge is 0.481 e. The molecule has 1 fully saturated rings. The third-order valence-electron chi connectivity index (χ3n) is 6.90. The lowest BCUT2D eigenvalue weighted by molar-refractivity contribution is -0.143. The maximum Gasteiger partial charge on any atom is 0.306 e. The van der Waals surface area contributed by atoms with Crippen LogP contribution in [0.15, 0.2) is 52.2 Å². The molecule has 1 aromatic carbocycles. The van der Waals surface area contributed by atoms with E-state index in [9.17, 15) is 9.90 Å². The fourth-order valence-corrected chi connectivity index (χ4v) is 5.60. The summed E-state index contributed by atoms with van der Waals surface area (Å²) >= 11 is 3.70. The Morgan fingerprint density at radius 1 is 1.24 bits per heavy atom. The molecular weight excluding hydrogens is 482 g/mol. The summed E-state index contributed by atoms with van der Waals surface area (Å²) in [7, 11) is 0. The first-order valence-corrected chi connectivity index (χ1v) is 11.9. The Labute approximate surface area is 199 Å². The van der Waals surface area contributed by atoms with Crippen molar-refractivity contribution in [2.75, 3.05) is 0 Å². The van der Waals surface area contributed by atoms with Gasteiger partial charge in [-0.25, -0.2) is 9.98 Å². The molecule has 0 amide bonds. The van der Waals surface area contributed by atoms with Gasteiger partial charge in [-0.2, -0.15) is 9.61 Å². The van der Waals surface area contributed by atoms with Crippen molar-refractivity contribution in [2.45, 2.75) is 38.5 Å². The first-order chi connectivity index (χ1) is 16.0. The molecule has 1 aliphatic rings. The van der Waals surface area contributed by atoms with Crippen molar-refractivity contribution < 1.29 is 9.90 Å². The van der Waals surface area contributed by atoms with E-state index in [1.54, 1.807) is 10.7 Å². The van der Waals surface area contributed by atoms with Gasteiger partial charge in [-0.3, -0.25) is 9.78 Å². The second-order valence-electron chi connectivity index (χ2n) is 8.74. The predicted octanol–water partition coefficient (Wildman–Crippen LogP) is 6.03. The third kappa shape index (κ3) is 3.82. The molecule has 1 unspecified atom stereocenters. The Morgan fingerprint density at radius 3 is 2.73 bits per heavy atom. The van der Waals surface area contributed by atoms with Gasteiger partial charge in [-0.05, 0) is 66.4 Å². The number of halogens is 1. The van der Waals surface area contributed by atoms with Crippen molar-refractivity contribution in [3.05, 3.63) is 52.9 Å². The summed E-state index contributed by atoms with van der Waals surface area (Å²) in [5.74, 6) is 0.00497. The third-order valence-corrected chi connectivity index (χ3v) is 7.66. The number of rotatable bonds is 5. The summed E-state index contributed by atoms with van der Waals surface area (Å²) in [5, 5.41) is 15.0. The van der Waals surface area contributed by atoms with E-state index in [0.29, 0.717) is 11.5 Å².